The molecule has 1 aromatic heterocycles. The van der Waals surface area contributed by atoms with Crippen LogP contribution < -0.4 is 4.74 Å². The molecule has 2 aromatic rings. The van der Waals surface area contributed by atoms with Crippen LogP contribution in [0, 0.1) is 12.8 Å². The minimum atomic E-state index is -0.160. The number of rotatable bonds is 9. The van der Waals surface area contributed by atoms with Gasteiger partial charge < -0.3 is 19.3 Å². The lowest BCUT2D eigenvalue weighted by atomic mass is 10.00. The predicted molar refractivity (Wildman–Crippen MR) is 134 cm³/mol. The first-order valence-corrected chi connectivity index (χ1v) is 13.2. The van der Waals surface area contributed by atoms with Gasteiger partial charge in [0.25, 0.3) is 0 Å². The van der Waals surface area contributed by atoms with Gasteiger partial charge in [-0.05, 0) is 60.7 Å². The summed E-state index contributed by atoms with van der Waals surface area (Å²) in [6, 6.07) is 9.90. The standard InChI is InChI=1S/C27H36N2O4S/c1-19(2)15-26(30)28(16-21-8-6-13-32-21)17-27(31)29-12-10-25-22(11-14-34-25)23(29)18-33-24-9-5-4-7-20(24)3/h4-5,7,9,11,14,19,21,23H,6,8,10,12-13,15-18H2,1-3H3. The van der Waals surface area contributed by atoms with Crippen molar-refractivity contribution in [1.82, 2.24) is 9.80 Å². The third-order valence-electron chi connectivity index (χ3n) is 6.62. The summed E-state index contributed by atoms with van der Waals surface area (Å²) < 4.78 is 12.0. The SMILES string of the molecule is Cc1ccccc1OCC1c2ccsc2CCN1C(=O)CN(CC1CCCO1)C(=O)CC(C)C. The van der Waals surface area contributed by atoms with Crippen molar-refractivity contribution in [2.75, 3.05) is 32.8 Å². The van der Waals surface area contributed by atoms with Crippen LogP contribution >= 0.6 is 11.3 Å². The largest absolute Gasteiger partial charge is 0.491 e. The lowest BCUT2D eigenvalue weighted by Crippen LogP contribution is -2.49. The van der Waals surface area contributed by atoms with Crippen molar-refractivity contribution in [3.8, 4) is 5.75 Å². The Hall–Kier alpha value is -2.38. The van der Waals surface area contributed by atoms with Crippen LogP contribution in [0.2, 0.25) is 0 Å². The Bertz CT molecular complexity index is 983. The lowest BCUT2D eigenvalue weighted by Gasteiger charge is -2.37. The zero-order valence-electron chi connectivity index (χ0n) is 20.5. The fraction of sp³-hybridized carbons (Fsp3) is 0.556. The minimum Gasteiger partial charge on any atom is -0.491 e. The number of nitrogens with zero attached hydrogens (tertiary/aromatic N) is 2. The maximum Gasteiger partial charge on any atom is 0.242 e. The van der Waals surface area contributed by atoms with Crippen LogP contribution in [-0.2, 0) is 20.7 Å². The smallest absolute Gasteiger partial charge is 0.242 e. The first kappa shape index (κ1) is 24.7. The molecule has 0 aliphatic carbocycles. The second-order valence-electron chi connectivity index (χ2n) is 9.74. The Morgan fingerprint density at radius 3 is 2.82 bits per heavy atom. The number of ether oxygens (including phenoxy) is 2. The first-order chi connectivity index (χ1) is 16.4. The van der Waals surface area contributed by atoms with Crippen LogP contribution in [0.4, 0.5) is 0 Å². The zero-order chi connectivity index (χ0) is 24.1. The quantitative estimate of drug-likeness (QED) is 0.521. The summed E-state index contributed by atoms with van der Waals surface area (Å²) in [5.41, 5.74) is 2.24. The van der Waals surface area contributed by atoms with E-state index in [-0.39, 0.29) is 36.4 Å². The molecule has 3 heterocycles. The van der Waals surface area contributed by atoms with E-state index in [9.17, 15) is 9.59 Å². The number of carbonyl (C=O) groups excluding carboxylic acids is 2. The third-order valence-corrected chi connectivity index (χ3v) is 7.61. The number of carbonyl (C=O) groups is 2. The van der Waals surface area contributed by atoms with E-state index in [4.69, 9.17) is 9.47 Å². The van der Waals surface area contributed by atoms with Gasteiger partial charge >= 0.3 is 0 Å². The van der Waals surface area contributed by atoms with Gasteiger partial charge in [-0.3, -0.25) is 9.59 Å². The highest BCUT2D eigenvalue weighted by molar-refractivity contribution is 7.10. The Morgan fingerprint density at radius 2 is 2.09 bits per heavy atom. The van der Waals surface area contributed by atoms with Gasteiger partial charge in [-0.2, -0.15) is 0 Å². The fourth-order valence-electron chi connectivity index (χ4n) is 4.78. The molecule has 2 amide bonds. The van der Waals surface area contributed by atoms with Gasteiger partial charge in [0.05, 0.1) is 18.7 Å². The van der Waals surface area contributed by atoms with Crippen molar-refractivity contribution in [3.05, 3.63) is 51.7 Å². The summed E-state index contributed by atoms with van der Waals surface area (Å²) in [5.74, 6) is 1.09. The Kier molecular flexibility index (Phi) is 8.27. The van der Waals surface area contributed by atoms with Crippen molar-refractivity contribution in [3.63, 3.8) is 0 Å². The number of benzene rings is 1. The molecule has 1 aromatic carbocycles. The van der Waals surface area contributed by atoms with Gasteiger partial charge in [0.1, 0.15) is 12.4 Å². The molecule has 34 heavy (non-hydrogen) atoms. The van der Waals surface area contributed by atoms with Crippen LogP contribution in [0.25, 0.3) is 0 Å². The average molecular weight is 485 g/mol. The van der Waals surface area contributed by atoms with E-state index in [1.807, 2.05) is 49.9 Å². The molecule has 6 nitrogen and oxygen atoms in total. The lowest BCUT2D eigenvalue weighted by molar-refractivity contribution is -0.144. The molecule has 0 radical (unpaired) electrons. The topological polar surface area (TPSA) is 59.1 Å². The van der Waals surface area contributed by atoms with Crippen molar-refractivity contribution in [2.24, 2.45) is 5.92 Å². The highest BCUT2D eigenvalue weighted by Crippen LogP contribution is 2.34. The van der Waals surface area contributed by atoms with Crippen LogP contribution in [0.1, 0.15) is 55.2 Å². The molecule has 7 heteroatoms. The summed E-state index contributed by atoms with van der Waals surface area (Å²) in [5, 5.41) is 2.09. The average Bonchev–Trinajstić information content (AvgIpc) is 3.49. The predicted octanol–water partition coefficient (Wildman–Crippen LogP) is 4.62. The van der Waals surface area contributed by atoms with E-state index < -0.39 is 0 Å². The number of amides is 2. The third kappa shape index (κ3) is 5.99. The van der Waals surface area contributed by atoms with Gasteiger partial charge in [-0.25, -0.2) is 0 Å². The normalized spacial score (nSPS) is 19.8. The monoisotopic (exact) mass is 484 g/mol. The molecule has 2 unspecified atom stereocenters. The second kappa shape index (κ2) is 11.4. The summed E-state index contributed by atoms with van der Waals surface area (Å²) in [4.78, 5) is 31.6. The summed E-state index contributed by atoms with van der Waals surface area (Å²) in [6.45, 7) is 8.43. The van der Waals surface area contributed by atoms with Crippen LogP contribution in [0.15, 0.2) is 35.7 Å². The van der Waals surface area contributed by atoms with Crippen molar-refractivity contribution in [2.45, 2.75) is 58.6 Å². The molecular formula is C27H36N2O4S. The van der Waals surface area contributed by atoms with Gasteiger partial charge in [-0.1, -0.05) is 32.0 Å². The molecule has 2 aliphatic rings. The van der Waals surface area contributed by atoms with Crippen LogP contribution in [0.3, 0.4) is 0 Å². The number of para-hydroxylation sites is 1. The molecular weight excluding hydrogens is 448 g/mol. The molecule has 0 bridgehead atoms. The number of hydrogen-bond donors (Lipinski definition) is 0. The molecule has 1 saturated heterocycles. The molecule has 4 rings (SSSR count). The minimum absolute atomic E-state index is 0.0222. The van der Waals surface area contributed by atoms with Gasteiger partial charge in [0, 0.05) is 31.0 Å². The van der Waals surface area contributed by atoms with Gasteiger partial charge in [-0.15, -0.1) is 11.3 Å². The van der Waals surface area contributed by atoms with Crippen LogP contribution in [-0.4, -0.2) is 60.6 Å². The van der Waals surface area contributed by atoms with E-state index in [1.165, 1.54) is 4.88 Å². The molecule has 0 spiro atoms. The zero-order valence-corrected chi connectivity index (χ0v) is 21.3. The highest BCUT2D eigenvalue weighted by Gasteiger charge is 2.34. The van der Waals surface area contributed by atoms with Crippen molar-refractivity contribution in [1.29, 1.82) is 0 Å². The Morgan fingerprint density at radius 1 is 1.26 bits per heavy atom. The molecule has 0 N–H and O–H groups in total. The Labute approximate surface area is 206 Å². The number of aryl methyl sites for hydroxylation is 1. The van der Waals surface area contributed by atoms with E-state index in [2.05, 4.69) is 11.4 Å². The summed E-state index contributed by atoms with van der Waals surface area (Å²) >= 11 is 1.74. The van der Waals surface area contributed by atoms with E-state index >= 15 is 0 Å². The van der Waals surface area contributed by atoms with Gasteiger partial charge in [0.15, 0.2) is 0 Å². The number of hydrogen-bond acceptors (Lipinski definition) is 5. The van der Waals surface area contributed by atoms with E-state index in [1.54, 1.807) is 16.2 Å². The molecule has 2 atom stereocenters. The van der Waals surface area contributed by atoms with E-state index in [0.29, 0.717) is 26.1 Å². The maximum absolute atomic E-state index is 13.6. The van der Waals surface area contributed by atoms with E-state index in [0.717, 1.165) is 42.7 Å². The Balaban J connectivity index is 1.50. The molecule has 2 aliphatic heterocycles. The van der Waals surface area contributed by atoms with Crippen LogP contribution in [0.5, 0.6) is 5.75 Å². The molecule has 0 saturated carbocycles. The maximum atomic E-state index is 13.6. The second-order valence-corrected chi connectivity index (χ2v) is 10.7. The fourth-order valence-corrected chi connectivity index (χ4v) is 5.71. The summed E-state index contributed by atoms with van der Waals surface area (Å²) in [6.07, 6.45) is 3.25. The molecule has 184 valence electrons. The van der Waals surface area contributed by atoms with Crippen molar-refractivity contribution >= 4 is 23.2 Å². The number of fused-ring (bicyclic) bond motifs is 1. The highest BCUT2D eigenvalue weighted by atomic mass is 32.1. The summed E-state index contributed by atoms with van der Waals surface area (Å²) in [7, 11) is 0. The molecule has 1 fully saturated rings. The van der Waals surface area contributed by atoms with Crippen molar-refractivity contribution < 1.29 is 19.1 Å². The number of thiophene rings is 1. The van der Waals surface area contributed by atoms with Gasteiger partial charge in [0.2, 0.25) is 11.8 Å². The first-order valence-electron chi connectivity index (χ1n) is 12.4.